The second-order valence-electron chi connectivity index (χ2n) is 2.62. The predicted octanol–water partition coefficient (Wildman–Crippen LogP) is 0.655. The van der Waals surface area contributed by atoms with E-state index in [-0.39, 0.29) is 0 Å². The number of ether oxygens (including phenoxy) is 2. The van der Waals surface area contributed by atoms with Gasteiger partial charge in [-0.3, -0.25) is 0 Å². The van der Waals surface area contributed by atoms with Gasteiger partial charge in [0, 0.05) is 6.08 Å². The lowest BCUT2D eigenvalue weighted by Crippen LogP contribution is -2.26. The van der Waals surface area contributed by atoms with Crippen molar-refractivity contribution >= 4 is 5.97 Å². The topological polar surface area (TPSA) is 55.8 Å². The van der Waals surface area contributed by atoms with E-state index in [4.69, 9.17) is 5.11 Å². The third-order valence-corrected chi connectivity index (χ3v) is 1.16. The Kier molecular flexibility index (Phi) is 5.95. The number of hydrogen-bond acceptors (Lipinski definition) is 4. The summed E-state index contributed by atoms with van der Waals surface area (Å²) in [6, 6.07) is 0. The molecule has 88 valence electrons. The molecule has 0 fully saturated rings. The average Bonchev–Trinajstić information content (AvgIpc) is 2.12. The summed E-state index contributed by atoms with van der Waals surface area (Å²) in [5, 5.41) is 8.99. The van der Waals surface area contributed by atoms with Crippen LogP contribution >= 0.6 is 0 Å². The fourth-order valence-corrected chi connectivity index (χ4v) is 0.596. The quantitative estimate of drug-likeness (QED) is 0.536. The van der Waals surface area contributed by atoms with Gasteiger partial charge in [0.2, 0.25) is 0 Å². The number of carbonyl (C=O) groups is 1. The zero-order chi connectivity index (χ0) is 11.9. The standard InChI is InChI=1S/C8H11F3O4/c1-2-7(13)15-4-6(12)3-14-5-8(9,10)11/h2,6,12H,1,3-5H2. The van der Waals surface area contributed by atoms with Crippen LogP contribution in [0, 0.1) is 0 Å². The lowest BCUT2D eigenvalue weighted by molar-refractivity contribution is -0.181. The van der Waals surface area contributed by atoms with Crippen LogP contribution in [0.1, 0.15) is 0 Å². The first-order valence-electron chi connectivity index (χ1n) is 3.97. The van der Waals surface area contributed by atoms with Gasteiger partial charge >= 0.3 is 12.1 Å². The number of carbonyl (C=O) groups excluding carboxylic acids is 1. The SMILES string of the molecule is C=CC(=O)OCC(O)COCC(F)(F)F. The first kappa shape index (κ1) is 13.9. The summed E-state index contributed by atoms with van der Waals surface area (Å²) in [4.78, 5) is 10.5. The van der Waals surface area contributed by atoms with E-state index in [0.717, 1.165) is 6.08 Å². The number of alkyl halides is 3. The average molecular weight is 228 g/mol. The molecule has 7 heteroatoms. The van der Waals surface area contributed by atoms with Crippen LogP contribution in [0.5, 0.6) is 0 Å². The molecule has 0 aliphatic heterocycles. The Labute approximate surface area is 84.3 Å². The second-order valence-corrected chi connectivity index (χ2v) is 2.62. The first-order valence-corrected chi connectivity index (χ1v) is 3.97. The maximum atomic E-state index is 11.6. The van der Waals surface area contributed by atoms with E-state index >= 15 is 0 Å². The van der Waals surface area contributed by atoms with E-state index in [0.29, 0.717) is 0 Å². The highest BCUT2D eigenvalue weighted by Gasteiger charge is 2.27. The summed E-state index contributed by atoms with van der Waals surface area (Å²) in [5.74, 6) is -0.759. The minimum Gasteiger partial charge on any atom is -0.460 e. The van der Waals surface area contributed by atoms with Gasteiger partial charge in [-0.05, 0) is 0 Å². The molecule has 0 aromatic rings. The molecule has 1 N–H and O–H groups in total. The molecule has 0 saturated heterocycles. The fraction of sp³-hybridized carbons (Fsp3) is 0.625. The van der Waals surface area contributed by atoms with Crippen molar-refractivity contribution in [3.63, 3.8) is 0 Å². The van der Waals surface area contributed by atoms with Gasteiger partial charge in [-0.1, -0.05) is 6.58 Å². The van der Waals surface area contributed by atoms with Gasteiger partial charge in [0.15, 0.2) is 0 Å². The number of aliphatic hydroxyl groups is 1. The smallest absolute Gasteiger partial charge is 0.411 e. The lowest BCUT2D eigenvalue weighted by Gasteiger charge is -2.12. The minimum atomic E-state index is -4.43. The molecule has 15 heavy (non-hydrogen) atoms. The summed E-state index contributed by atoms with van der Waals surface area (Å²) >= 11 is 0. The van der Waals surface area contributed by atoms with E-state index in [9.17, 15) is 18.0 Å². The normalized spacial score (nSPS) is 13.3. The van der Waals surface area contributed by atoms with Crippen molar-refractivity contribution in [2.24, 2.45) is 0 Å². The number of rotatable bonds is 6. The van der Waals surface area contributed by atoms with Gasteiger partial charge < -0.3 is 14.6 Å². The van der Waals surface area contributed by atoms with Crippen molar-refractivity contribution in [2.75, 3.05) is 19.8 Å². The molecule has 1 atom stereocenters. The second kappa shape index (κ2) is 6.41. The van der Waals surface area contributed by atoms with Crippen LogP contribution in [0.3, 0.4) is 0 Å². The summed E-state index contributed by atoms with van der Waals surface area (Å²) in [6.07, 6.45) is -4.84. The van der Waals surface area contributed by atoms with Crippen molar-refractivity contribution in [3.05, 3.63) is 12.7 Å². The molecule has 0 radical (unpaired) electrons. The highest BCUT2D eigenvalue weighted by Crippen LogP contribution is 2.14. The van der Waals surface area contributed by atoms with E-state index in [1.165, 1.54) is 0 Å². The summed E-state index contributed by atoms with van der Waals surface area (Å²) in [5.41, 5.74) is 0. The summed E-state index contributed by atoms with van der Waals surface area (Å²) in [7, 11) is 0. The molecule has 0 bridgehead atoms. The van der Waals surface area contributed by atoms with Crippen LogP contribution in [-0.4, -0.2) is 43.2 Å². The lowest BCUT2D eigenvalue weighted by atomic mass is 10.4. The first-order chi connectivity index (χ1) is 6.85. The highest BCUT2D eigenvalue weighted by atomic mass is 19.4. The van der Waals surface area contributed by atoms with E-state index in [1.807, 2.05) is 0 Å². The number of hydrogen-bond donors (Lipinski definition) is 1. The zero-order valence-corrected chi connectivity index (χ0v) is 7.79. The molecule has 1 unspecified atom stereocenters. The molecule has 0 aromatic carbocycles. The van der Waals surface area contributed by atoms with Crippen molar-refractivity contribution in [1.82, 2.24) is 0 Å². The van der Waals surface area contributed by atoms with Crippen molar-refractivity contribution in [2.45, 2.75) is 12.3 Å². The molecule has 0 heterocycles. The summed E-state index contributed by atoms with van der Waals surface area (Å²) < 4.78 is 43.2. The van der Waals surface area contributed by atoms with Crippen LogP contribution in [0.4, 0.5) is 13.2 Å². The Hall–Kier alpha value is -1.08. The number of aliphatic hydroxyl groups excluding tert-OH is 1. The van der Waals surface area contributed by atoms with E-state index < -0.39 is 38.1 Å². The van der Waals surface area contributed by atoms with Gasteiger partial charge in [0.05, 0.1) is 6.61 Å². The van der Waals surface area contributed by atoms with E-state index in [2.05, 4.69) is 16.1 Å². The molecular formula is C8H11F3O4. The van der Waals surface area contributed by atoms with Gasteiger partial charge in [-0.2, -0.15) is 13.2 Å². The zero-order valence-electron chi connectivity index (χ0n) is 7.79. The highest BCUT2D eigenvalue weighted by molar-refractivity contribution is 5.81. The van der Waals surface area contributed by atoms with Gasteiger partial charge in [-0.25, -0.2) is 4.79 Å². The van der Waals surface area contributed by atoms with Crippen molar-refractivity contribution in [3.8, 4) is 0 Å². The fourth-order valence-electron chi connectivity index (χ4n) is 0.596. The molecular weight excluding hydrogens is 217 g/mol. The molecule has 0 saturated carbocycles. The summed E-state index contributed by atoms with van der Waals surface area (Å²) in [6.45, 7) is 0.672. The maximum Gasteiger partial charge on any atom is 0.411 e. The molecule has 0 rings (SSSR count). The molecule has 0 aliphatic rings. The monoisotopic (exact) mass is 228 g/mol. The molecule has 4 nitrogen and oxygen atoms in total. The molecule has 0 amide bonds. The Morgan fingerprint density at radius 3 is 2.53 bits per heavy atom. The van der Waals surface area contributed by atoms with Gasteiger partial charge in [0.1, 0.15) is 19.3 Å². The van der Waals surface area contributed by atoms with Gasteiger partial charge in [-0.15, -0.1) is 0 Å². The maximum absolute atomic E-state index is 11.6. The number of esters is 1. The van der Waals surface area contributed by atoms with Crippen LogP contribution < -0.4 is 0 Å². The predicted molar refractivity (Wildman–Crippen MR) is 44.0 cm³/mol. The Balaban J connectivity index is 3.53. The van der Waals surface area contributed by atoms with Crippen molar-refractivity contribution in [1.29, 1.82) is 0 Å². The third kappa shape index (κ3) is 9.23. The molecule has 0 aromatic heterocycles. The Morgan fingerprint density at radius 2 is 2.07 bits per heavy atom. The van der Waals surface area contributed by atoms with Crippen LogP contribution in [0.15, 0.2) is 12.7 Å². The van der Waals surface area contributed by atoms with Crippen LogP contribution in [0.2, 0.25) is 0 Å². The van der Waals surface area contributed by atoms with E-state index in [1.54, 1.807) is 0 Å². The Morgan fingerprint density at radius 1 is 1.47 bits per heavy atom. The molecule has 0 aliphatic carbocycles. The third-order valence-electron chi connectivity index (χ3n) is 1.16. The number of halogens is 3. The van der Waals surface area contributed by atoms with Crippen LogP contribution in [0.25, 0.3) is 0 Å². The Bertz CT molecular complexity index is 214. The van der Waals surface area contributed by atoms with Crippen LogP contribution in [-0.2, 0) is 14.3 Å². The molecule has 0 spiro atoms. The largest absolute Gasteiger partial charge is 0.460 e. The minimum absolute atomic E-state index is 0.428. The van der Waals surface area contributed by atoms with Crippen molar-refractivity contribution < 1.29 is 32.5 Å². The van der Waals surface area contributed by atoms with Gasteiger partial charge in [0.25, 0.3) is 0 Å².